The van der Waals surface area contributed by atoms with E-state index in [-0.39, 0.29) is 11.8 Å². The molecule has 0 saturated heterocycles. The molecule has 0 atom stereocenters. The maximum absolute atomic E-state index is 11.7. The third kappa shape index (κ3) is 4.17. The zero-order valence-corrected chi connectivity index (χ0v) is 11.9. The Morgan fingerprint density at radius 1 is 1.42 bits per heavy atom. The number of halogens is 1. The predicted molar refractivity (Wildman–Crippen MR) is 75.9 cm³/mol. The average Bonchev–Trinajstić information content (AvgIpc) is 2.46. The highest BCUT2D eigenvalue weighted by atomic mass is 35.5. The van der Waals surface area contributed by atoms with Crippen LogP contribution >= 0.6 is 11.6 Å². The van der Waals surface area contributed by atoms with Gasteiger partial charge in [0.2, 0.25) is 5.91 Å². The summed E-state index contributed by atoms with van der Waals surface area (Å²) >= 11 is 5.59. The highest BCUT2D eigenvalue weighted by molar-refractivity contribution is 6.27. The van der Waals surface area contributed by atoms with Crippen molar-refractivity contribution in [2.75, 3.05) is 26.6 Å². The van der Waals surface area contributed by atoms with E-state index in [1.807, 2.05) is 12.1 Å². The van der Waals surface area contributed by atoms with Gasteiger partial charge in [0, 0.05) is 24.7 Å². The second kappa shape index (κ2) is 7.69. The van der Waals surface area contributed by atoms with Crippen molar-refractivity contribution in [2.24, 2.45) is 0 Å². The van der Waals surface area contributed by atoms with Crippen LogP contribution < -0.4 is 9.47 Å². The van der Waals surface area contributed by atoms with E-state index < -0.39 is 0 Å². The third-order valence-electron chi connectivity index (χ3n) is 2.67. The molecule has 0 bridgehead atoms. The first-order valence-electron chi connectivity index (χ1n) is 5.81. The Hall–Kier alpha value is -1.68. The summed E-state index contributed by atoms with van der Waals surface area (Å²) in [5.41, 5.74) is 0.892. The smallest absolute Gasteiger partial charge is 0.238 e. The van der Waals surface area contributed by atoms with Crippen molar-refractivity contribution >= 4 is 17.5 Å². The molecule has 5 heteroatoms. The molecule has 1 amide bonds. The van der Waals surface area contributed by atoms with E-state index in [1.54, 1.807) is 31.3 Å². The number of carbonyl (C=O) groups excluding carboxylic acids is 1. The number of hydrogen-bond donors (Lipinski definition) is 0. The number of amides is 1. The van der Waals surface area contributed by atoms with Crippen LogP contribution in [-0.2, 0) is 11.3 Å². The van der Waals surface area contributed by atoms with E-state index in [2.05, 4.69) is 6.58 Å². The van der Waals surface area contributed by atoms with Crippen molar-refractivity contribution in [3.05, 3.63) is 36.4 Å². The van der Waals surface area contributed by atoms with Gasteiger partial charge in [-0.2, -0.15) is 0 Å². The molecular formula is C14H18ClNO3. The standard InChI is InChI=1S/C14H18ClNO3/c1-4-7-16(14(17)9-15)10-11-5-6-12(18-2)8-13(11)19-3/h4-6,8H,1,7,9-10H2,2-3H3. The van der Waals surface area contributed by atoms with Gasteiger partial charge in [-0.05, 0) is 12.1 Å². The molecule has 1 rings (SSSR count). The molecule has 0 aliphatic rings. The van der Waals surface area contributed by atoms with Crippen LogP contribution in [0.3, 0.4) is 0 Å². The fourth-order valence-corrected chi connectivity index (χ4v) is 1.85. The second-order valence-electron chi connectivity index (χ2n) is 3.87. The molecule has 0 spiro atoms. The summed E-state index contributed by atoms with van der Waals surface area (Å²) in [5, 5.41) is 0. The van der Waals surface area contributed by atoms with E-state index in [9.17, 15) is 4.79 Å². The second-order valence-corrected chi connectivity index (χ2v) is 4.14. The van der Waals surface area contributed by atoms with Gasteiger partial charge in [-0.25, -0.2) is 0 Å². The molecule has 1 aromatic carbocycles. The van der Waals surface area contributed by atoms with E-state index >= 15 is 0 Å². The molecule has 0 saturated carbocycles. The molecular weight excluding hydrogens is 266 g/mol. The molecule has 0 unspecified atom stereocenters. The van der Waals surface area contributed by atoms with E-state index in [1.165, 1.54) is 0 Å². The van der Waals surface area contributed by atoms with Crippen molar-refractivity contribution in [1.29, 1.82) is 0 Å². The van der Waals surface area contributed by atoms with Crippen LogP contribution in [0.2, 0.25) is 0 Å². The quantitative estimate of drug-likeness (QED) is 0.570. The number of nitrogens with zero attached hydrogens (tertiary/aromatic N) is 1. The number of carbonyl (C=O) groups is 1. The Morgan fingerprint density at radius 2 is 2.16 bits per heavy atom. The molecule has 0 aromatic heterocycles. The third-order valence-corrected chi connectivity index (χ3v) is 2.90. The summed E-state index contributed by atoms with van der Waals surface area (Å²) in [7, 11) is 3.18. The summed E-state index contributed by atoms with van der Waals surface area (Å²) in [6.07, 6.45) is 1.67. The predicted octanol–water partition coefficient (Wildman–Crippen LogP) is 2.46. The lowest BCUT2D eigenvalue weighted by atomic mass is 10.1. The topological polar surface area (TPSA) is 38.8 Å². The number of hydrogen-bond acceptors (Lipinski definition) is 3. The minimum absolute atomic E-state index is 0.0493. The number of benzene rings is 1. The van der Waals surface area contributed by atoms with E-state index in [0.29, 0.717) is 24.6 Å². The fourth-order valence-electron chi connectivity index (χ4n) is 1.68. The van der Waals surface area contributed by atoms with Gasteiger partial charge in [0.05, 0.1) is 14.2 Å². The van der Waals surface area contributed by atoms with Gasteiger partial charge in [0.25, 0.3) is 0 Å². The van der Waals surface area contributed by atoms with Gasteiger partial charge in [0.1, 0.15) is 17.4 Å². The first-order valence-corrected chi connectivity index (χ1v) is 6.35. The number of methoxy groups -OCH3 is 2. The van der Waals surface area contributed by atoms with Crippen molar-refractivity contribution in [3.63, 3.8) is 0 Å². The van der Waals surface area contributed by atoms with Gasteiger partial charge in [-0.1, -0.05) is 6.08 Å². The maximum atomic E-state index is 11.7. The lowest BCUT2D eigenvalue weighted by Gasteiger charge is -2.21. The van der Waals surface area contributed by atoms with Gasteiger partial charge in [0.15, 0.2) is 0 Å². The van der Waals surface area contributed by atoms with Crippen molar-refractivity contribution in [2.45, 2.75) is 6.54 Å². The van der Waals surface area contributed by atoms with Crippen LogP contribution in [0.1, 0.15) is 5.56 Å². The molecule has 19 heavy (non-hydrogen) atoms. The minimum Gasteiger partial charge on any atom is -0.497 e. The Kier molecular flexibility index (Phi) is 6.22. The lowest BCUT2D eigenvalue weighted by molar-refractivity contribution is -0.128. The zero-order valence-electron chi connectivity index (χ0n) is 11.2. The molecule has 0 radical (unpaired) electrons. The molecule has 0 fully saturated rings. The summed E-state index contributed by atoms with van der Waals surface area (Å²) in [5.74, 6) is 1.20. The van der Waals surface area contributed by atoms with Crippen molar-refractivity contribution in [3.8, 4) is 11.5 Å². The fraction of sp³-hybridized carbons (Fsp3) is 0.357. The summed E-state index contributed by atoms with van der Waals surface area (Å²) < 4.78 is 10.4. The van der Waals surface area contributed by atoms with Gasteiger partial charge < -0.3 is 14.4 Å². The highest BCUT2D eigenvalue weighted by Crippen LogP contribution is 2.25. The Bertz CT molecular complexity index is 448. The SMILES string of the molecule is C=CCN(Cc1ccc(OC)cc1OC)C(=O)CCl. The highest BCUT2D eigenvalue weighted by Gasteiger charge is 2.14. The average molecular weight is 284 g/mol. The monoisotopic (exact) mass is 283 g/mol. The number of ether oxygens (including phenoxy) is 2. The molecule has 0 heterocycles. The van der Waals surface area contributed by atoms with Crippen LogP contribution in [0.5, 0.6) is 11.5 Å². The largest absolute Gasteiger partial charge is 0.497 e. The van der Waals surface area contributed by atoms with Crippen LogP contribution in [0.15, 0.2) is 30.9 Å². The normalized spacial score (nSPS) is 9.84. The zero-order chi connectivity index (χ0) is 14.3. The van der Waals surface area contributed by atoms with Crippen molar-refractivity contribution in [1.82, 2.24) is 4.90 Å². The van der Waals surface area contributed by atoms with Crippen LogP contribution in [-0.4, -0.2) is 37.5 Å². The van der Waals surface area contributed by atoms with Crippen molar-refractivity contribution < 1.29 is 14.3 Å². The summed E-state index contributed by atoms with van der Waals surface area (Å²) in [4.78, 5) is 13.3. The Balaban J connectivity index is 2.95. The first kappa shape index (κ1) is 15.4. The Labute approximate surface area is 118 Å². The summed E-state index contributed by atoms with van der Waals surface area (Å²) in [6.45, 7) is 4.51. The van der Waals surface area contributed by atoms with E-state index in [0.717, 1.165) is 5.56 Å². The molecule has 104 valence electrons. The molecule has 4 nitrogen and oxygen atoms in total. The maximum Gasteiger partial charge on any atom is 0.238 e. The summed E-state index contributed by atoms with van der Waals surface area (Å²) in [6, 6.07) is 5.48. The van der Waals surface area contributed by atoms with Gasteiger partial charge >= 0.3 is 0 Å². The lowest BCUT2D eigenvalue weighted by Crippen LogP contribution is -2.31. The van der Waals surface area contributed by atoms with Gasteiger partial charge in [-0.3, -0.25) is 4.79 Å². The minimum atomic E-state index is -0.139. The van der Waals surface area contributed by atoms with E-state index in [4.69, 9.17) is 21.1 Å². The molecule has 1 aromatic rings. The molecule has 0 aliphatic carbocycles. The van der Waals surface area contributed by atoms with Crippen LogP contribution in [0, 0.1) is 0 Å². The number of rotatable bonds is 7. The van der Waals surface area contributed by atoms with Crippen LogP contribution in [0.4, 0.5) is 0 Å². The molecule has 0 N–H and O–H groups in total. The van der Waals surface area contributed by atoms with Gasteiger partial charge in [-0.15, -0.1) is 18.2 Å². The Morgan fingerprint density at radius 3 is 2.68 bits per heavy atom. The van der Waals surface area contributed by atoms with Crippen LogP contribution in [0.25, 0.3) is 0 Å². The molecule has 0 aliphatic heterocycles. The first-order chi connectivity index (χ1) is 9.15. The number of alkyl halides is 1.